The fraction of sp³-hybridized carbons (Fsp3) is 0.118. The van der Waals surface area contributed by atoms with Gasteiger partial charge in [-0.05, 0) is 18.2 Å². The summed E-state index contributed by atoms with van der Waals surface area (Å²) in [6, 6.07) is 11.1. The van der Waals surface area contributed by atoms with E-state index in [1.165, 1.54) is 30.3 Å². The number of nitrogens with zero attached hydrogens (tertiary/aromatic N) is 1. The van der Waals surface area contributed by atoms with Crippen LogP contribution in [0.4, 0.5) is 13.2 Å². The van der Waals surface area contributed by atoms with Gasteiger partial charge in [0.1, 0.15) is 0 Å². The lowest BCUT2D eigenvalue weighted by Gasteiger charge is -2.09. The summed E-state index contributed by atoms with van der Waals surface area (Å²) >= 11 is 5.86. The van der Waals surface area contributed by atoms with Crippen molar-refractivity contribution in [2.75, 3.05) is 6.54 Å². The molecule has 0 radical (unpaired) electrons. The molecule has 0 atom stereocenters. The Morgan fingerprint density at radius 3 is 2.42 bits per heavy atom. The van der Waals surface area contributed by atoms with Gasteiger partial charge in [0.15, 0.2) is 0 Å². The standard InChI is InChI=1S/C17H13ClF3N3O2/c18-14-8-4-2-6-12(14)16(26)22-10-15(25)24-23-9-11-5-1-3-7-13(11)17(19,20)21/h1-9H,10H2,(H,22,26)(H,24,25)/b23-9+. The number of amides is 2. The molecule has 0 saturated heterocycles. The molecule has 2 aromatic carbocycles. The highest BCUT2D eigenvalue weighted by Gasteiger charge is 2.32. The molecule has 0 aromatic heterocycles. The topological polar surface area (TPSA) is 70.6 Å². The Balaban J connectivity index is 1.91. The van der Waals surface area contributed by atoms with Crippen molar-refractivity contribution in [3.05, 3.63) is 70.2 Å². The average Bonchev–Trinajstić information content (AvgIpc) is 2.59. The van der Waals surface area contributed by atoms with E-state index < -0.39 is 30.1 Å². The van der Waals surface area contributed by atoms with Crippen LogP contribution in [0.15, 0.2) is 53.6 Å². The van der Waals surface area contributed by atoms with Gasteiger partial charge in [0.05, 0.1) is 28.9 Å². The number of hydrogen-bond acceptors (Lipinski definition) is 3. The average molecular weight is 384 g/mol. The molecule has 0 heterocycles. The van der Waals surface area contributed by atoms with Crippen molar-refractivity contribution in [1.29, 1.82) is 0 Å². The third-order valence-corrected chi connectivity index (χ3v) is 3.52. The van der Waals surface area contributed by atoms with E-state index in [9.17, 15) is 22.8 Å². The van der Waals surface area contributed by atoms with E-state index in [2.05, 4.69) is 10.4 Å². The molecular weight excluding hydrogens is 371 g/mol. The Labute approximate surface area is 151 Å². The molecule has 2 rings (SSSR count). The quantitative estimate of drug-likeness (QED) is 0.614. The first-order chi connectivity index (χ1) is 12.3. The molecule has 2 aromatic rings. The summed E-state index contributed by atoms with van der Waals surface area (Å²) < 4.78 is 38.5. The molecule has 0 unspecified atom stereocenters. The summed E-state index contributed by atoms with van der Waals surface area (Å²) in [6.45, 7) is -0.414. The van der Waals surface area contributed by atoms with Crippen molar-refractivity contribution in [2.45, 2.75) is 6.18 Å². The Bertz CT molecular complexity index is 838. The molecular formula is C17H13ClF3N3O2. The highest BCUT2D eigenvalue weighted by molar-refractivity contribution is 6.33. The fourth-order valence-corrected chi connectivity index (χ4v) is 2.20. The van der Waals surface area contributed by atoms with Crippen LogP contribution in [0.5, 0.6) is 0 Å². The third kappa shape index (κ3) is 5.32. The van der Waals surface area contributed by atoms with Gasteiger partial charge in [-0.1, -0.05) is 41.9 Å². The minimum atomic E-state index is -4.53. The van der Waals surface area contributed by atoms with Gasteiger partial charge in [-0.3, -0.25) is 9.59 Å². The molecule has 0 aliphatic heterocycles. The van der Waals surface area contributed by atoms with Crippen molar-refractivity contribution < 1.29 is 22.8 Å². The lowest BCUT2D eigenvalue weighted by molar-refractivity contribution is -0.137. The first-order valence-corrected chi connectivity index (χ1v) is 7.67. The van der Waals surface area contributed by atoms with Gasteiger partial charge in [-0.15, -0.1) is 0 Å². The summed E-state index contributed by atoms with van der Waals surface area (Å²) in [5.74, 6) is -1.26. The number of alkyl halides is 3. The number of halogens is 4. The molecule has 0 saturated carbocycles. The summed E-state index contributed by atoms with van der Waals surface area (Å²) in [6.07, 6.45) is -3.65. The summed E-state index contributed by atoms with van der Waals surface area (Å²) in [5.41, 5.74) is 1.18. The lowest BCUT2D eigenvalue weighted by Crippen LogP contribution is -2.35. The first-order valence-electron chi connectivity index (χ1n) is 7.30. The third-order valence-electron chi connectivity index (χ3n) is 3.19. The monoisotopic (exact) mass is 383 g/mol. The number of carbonyl (C=O) groups excluding carboxylic acids is 2. The zero-order valence-electron chi connectivity index (χ0n) is 13.2. The number of hydrazone groups is 1. The normalized spacial score (nSPS) is 11.4. The second-order valence-corrected chi connectivity index (χ2v) is 5.45. The summed E-state index contributed by atoms with van der Waals surface area (Å²) in [5, 5.41) is 6.05. The van der Waals surface area contributed by atoms with Crippen LogP contribution in [0.3, 0.4) is 0 Å². The number of carbonyl (C=O) groups is 2. The van der Waals surface area contributed by atoms with Crippen LogP contribution < -0.4 is 10.7 Å². The highest BCUT2D eigenvalue weighted by atomic mass is 35.5. The maximum absolute atomic E-state index is 12.8. The van der Waals surface area contributed by atoms with E-state index in [-0.39, 0.29) is 16.1 Å². The Kier molecular flexibility index (Phi) is 6.35. The van der Waals surface area contributed by atoms with Gasteiger partial charge in [0, 0.05) is 5.56 Å². The van der Waals surface area contributed by atoms with E-state index in [1.807, 2.05) is 5.43 Å². The van der Waals surface area contributed by atoms with Crippen LogP contribution in [-0.4, -0.2) is 24.6 Å². The van der Waals surface area contributed by atoms with Crippen LogP contribution >= 0.6 is 11.6 Å². The molecule has 9 heteroatoms. The maximum atomic E-state index is 12.8. The minimum Gasteiger partial charge on any atom is -0.343 e. The van der Waals surface area contributed by atoms with Crippen molar-refractivity contribution in [3.63, 3.8) is 0 Å². The predicted octanol–water partition coefficient (Wildman–Crippen LogP) is 3.24. The van der Waals surface area contributed by atoms with Gasteiger partial charge < -0.3 is 5.32 Å². The van der Waals surface area contributed by atoms with Gasteiger partial charge in [-0.25, -0.2) is 5.43 Å². The van der Waals surface area contributed by atoms with Crippen molar-refractivity contribution in [3.8, 4) is 0 Å². The Morgan fingerprint density at radius 1 is 1.08 bits per heavy atom. The highest BCUT2D eigenvalue weighted by Crippen LogP contribution is 2.30. The molecule has 5 nitrogen and oxygen atoms in total. The number of hydrogen-bond donors (Lipinski definition) is 2. The van der Waals surface area contributed by atoms with Gasteiger partial charge >= 0.3 is 6.18 Å². The number of rotatable bonds is 5. The lowest BCUT2D eigenvalue weighted by atomic mass is 10.1. The molecule has 2 N–H and O–H groups in total. The Hall–Kier alpha value is -2.87. The first kappa shape index (κ1) is 19.5. The molecule has 0 aliphatic rings. The van der Waals surface area contributed by atoms with Crippen molar-refractivity contribution in [1.82, 2.24) is 10.7 Å². The minimum absolute atomic E-state index is 0.194. The maximum Gasteiger partial charge on any atom is 0.417 e. The largest absolute Gasteiger partial charge is 0.417 e. The van der Waals surface area contributed by atoms with E-state index in [4.69, 9.17) is 11.6 Å². The van der Waals surface area contributed by atoms with Crippen LogP contribution in [0.1, 0.15) is 21.5 Å². The molecule has 2 amide bonds. The van der Waals surface area contributed by atoms with Gasteiger partial charge in [-0.2, -0.15) is 18.3 Å². The SMILES string of the molecule is O=C(CNC(=O)c1ccccc1Cl)N/N=C/c1ccccc1C(F)(F)F. The zero-order valence-corrected chi connectivity index (χ0v) is 13.9. The molecule has 0 aliphatic carbocycles. The molecule has 26 heavy (non-hydrogen) atoms. The smallest absolute Gasteiger partial charge is 0.343 e. The predicted molar refractivity (Wildman–Crippen MR) is 91.0 cm³/mol. The number of benzene rings is 2. The second-order valence-electron chi connectivity index (χ2n) is 5.04. The van der Waals surface area contributed by atoms with E-state index in [0.29, 0.717) is 0 Å². The molecule has 0 spiro atoms. The van der Waals surface area contributed by atoms with Crippen LogP contribution in [0.2, 0.25) is 5.02 Å². The van der Waals surface area contributed by atoms with Crippen LogP contribution in [-0.2, 0) is 11.0 Å². The summed E-state index contributed by atoms with van der Waals surface area (Å²) in [7, 11) is 0. The second kappa shape index (κ2) is 8.48. The van der Waals surface area contributed by atoms with Crippen molar-refractivity contribution >= 4 is 29.6 Å². The fourth-order valence-electron chi connectivity index (χ4n) is 1.98. The van der Waals surface area contributed by atoms with Gasteiger partial charge in [0.25, 0.3) is 11.8 Å². The Morgan fingerprint density at radius 2 is 1.73 bits per heavy atom. The van der Waals surface area contributed by atoms with E-state index >= 15 is 0 Å². The molecule has 0 fully saturated rings. The summed E-state index contributed by atoms with van der Waals surface area (Å²) in [4.78, 5) is 23.5. The number of nitrogens with one attached hydrogen (secondary N) is 2. The molecule has 0 bridgehead atoms. The van der Waals surface area contributed by atoms with Crippen molar-refractivity contribution in [2.24, 2.45) is 5.10 Å². The van der Waals surface area contributed by atoms with Gasteiger partial charge in [0.2, 0.25) is 0 Å². The van der Waals surface area contributed by atoms with Crippen LogP contribution in [0, 0.1) is 0 Å². The van der Waals surface area contributed by atoms with E-state index in [0.717, 1.165) is 12.3 Å². The zero-order chi connectivity index (χ0) is 19.2. The van der Waals surface area contributed by atoms with Crippen LogP contribution in [0.25, 0.3) is 0 Å². The molecule has 136 valence electrons. The van der Waals surface area contributed by atoms with E-state index in [1.54, 1.807) is 12.1 Å².